The molecule has 0 N–H and O–H groups in total. The summed E-state index contributed by atoms with van der Waals surface area (Å²) in [4.78, 5) is 24.5. The van der Waals surface area contributed by atoms with Gasteiger partial charge in [-0.25, -0.2) is 8.42 Å². The van der Waals surface area contributed by atoms with Crippen LogP contribution >= 0.6 is 0 Å². The topological polar surface area (TPSA) is 84.0 Å². The van der Waals surface area contributed by atoms with Crippen LogP contribution in [0, 0.1) is 0 Å². The summed E-state index contributed by atoms with van der Waals surface area (Å²) in [6, 6.07) is 4.65. The molecule has 0 aromatic heterocycles. The van der Waals surface area contributed by atoms with Gasteiger partial charge < -0.3 is 9.64 Å². The van der Waals surface area contributed by atoms with E-state index < -0.39 is 41.2 Å². The maximum atomic E-state index is 13.0. The normalized spacial score (nSPS) is 18.1. The van der Waals surface area contributed by atoms with Gasteiger partial charge in [-0.2, -0.15) is 17.5 Å². The maximum absolute atomic E-state index is 13.0. The lowest BCUT2D eigenvalue weighted by atomic mass is 10.1. The first kappa shape index (κ1) is 24.1. The molecule has 1 fully saturated rings. The summed E-state index contributed by atoms with van der Waals surface area (Å²) in [7, 11) is -3.91. The van der Waals surface area contributed by atoms with Crippen molar-refractivity contribution in [3.05, 3.63) is 29.8 Å². The average Bonchev–Trinajstić information content (AvgIpc) is 2.66. The lowest BCUT2D eigenvalue weighted by Gasteiger charge is -2.32. The Morgan fingerprint density at radius 1 is 1.27 bits per heavy atom. The van der Waals surface area contributed by atoms with Crippen molar-refractivity contribution in [2.45, 2.75) is 50.2 Å². The quantitative estimate of drug-likeness (QED) is 0.597. The Kier molecular flexibility index (Phi) is 7.87. The second-order valence-electron chi connectivity index (χ2n) is 7.07. The van der Waals surface area contributed by atoms with Crippen LogP contribution in [-0.2, 0) is 19.6 Å². The number of carbonyl (C=O) groups excluding carboxylic acids is 2. The lowest BCUT2D eigenvalue weighted by molar-refractivity contribution is -0.153. The highest BCUT2D eigenvalue weighted by molar-refractivity contribution is 7.89. The number of rotatable bonds is 7. The zero-order valence-corrected chi connectivity index (χ0v) is 17.6. The molecular weight excluding hydrogens is 425 g/mol. The largest absolute Gasteiger partial charge is 0.465 e. The van der Waals surface area contributed by atoms with E-state index in [-0.39, 0.29) is 23.1 Å². The Labute approximate surface area is 173 Å². The number of ether oxygens (including phenoxy) is 1. The first-order valence-corrected chi connectivity index (χ1v) is 11.0. The molecule has 1 unspecified atom stereocenters. The Hall–Kier alpha value is -2.14. The summed E-state index contributed by atoms with van der Waals surface area (Å²) in [5.74, 6) is -2.09. The van der Waals surface area contributed by atoms with Crippen molar-refractivity contribution in [2.75, 3.05) is 26.2 Å². The van der Waals surface area contributed by atoms with Gasteiger partial charge in [-0.1, -0.05) is 12.5 Å². The van der Waals surface area contributed by atoms with Gasteiger partial charge in [-0.3, -0.25) is 9.59 Å². The van der Waals surface area contributed by atoms with E-state index in [0.717, 1.165) is 12.5 Å². The fraction of sp³-hybridized carbons (Fsp3) is 0.579. The SMILES string of the molecule is CCOC(=O)CN(CC(F)(F)F)C(=O)c1cccc(S(=O)(=O)N2CCCCC2C)c1. The van der Waals surface area contributed by atoms with Gasteiger partial charge in [0.25, 0.3) is 5.91 Å². The highest BCUT2D eigenvalue weighted by Gasteiger charge is 2.35. The zero-order chi connectivity index (χ0) is 22.5. The number of piperidine rings is 1. The third-order valence-electron chi connectivity index (χ3n) is 4.71. The van der Waals surface area contributed by atoms with Crippen LogP contribution < -0.4 is 0 Å². The number of amides is 1. The molecule has 0 saturated carbocycles. The van der Waals surface area contributed by atoms with Crippen LogP contribution in [0.5, 0.6) is 0 Å². The molecule has 0 spiro atoms. The Bertz CT molecular complexity index is 873. The molecule has 1 amide bonds. The smallest absolute Gasteiger partial charge is 0.406 e. The summed E-state index contributed by atoms with van der Waals surface area (Å²) in [5.41, 5.74) is -0.255. The van der Waals surface area contributed by atoms with Gasteiger partial charge in [0.2, 0.25) is 10.0 Å². The number of esters is 1. The van der Waals surface area contributed by atoms with Gasteiger partial charge >= 0.3 is 12.1 Å². The monoisotopic (exact) mass is 450 g/mol. The van der Waals surface area contributed by atoms with Gasteiger partial charge in [0, 0.05) is 18.2 Å². The average molecular weight is 450 g/mol. The number of hydrogen-bond acceptors (Lipinski definition) is 5. The Morgan fingerprint density at radius 2 is 1.97 bits per heavy atom. The summed E-state index contributed by atoms with van der Waals surface area (Å²) in [6.45, 7) is 1.01. The molecule has 0 aliphatic carbocycles. The molecule has 2 rings (SSSR count). The van der Waals surface area contributed by atoms with E-state index in [4.69, 9.17) is 0 Å². The number of sulfonamides is 1. The van der Waals surface area contributed by atoms with E-state index >= 15 is 0 Å². The minimum Gasteiger partial charge on any atom is -0.465 e. The predicted molar refractivity (Wildman–Crippen MR) is 102 cm³/mol. The molecule has 1 aromatic rings. The van der Waals surface area contributed by atoms with Crippen molar-refractivity contribution in [1.82, 2.24) is 9.21 Å². The van der Waals surface area contributed by atoms with E-state index in [1.807, 2.05) is 0 Å². The summed E-state index contributed by atoms with van der Waals surface area (Å²) in [5, 5.41) is 0. The van der Waals surface area contributed by atoms with Gasteiger partial charge in [-0.05, 0) is 44.9 Å². The van der Waals surface area contributed by atoms with Crippen LogP contribution in [0.3, 0.4) is 0 Å². The Balaban J connectivity index is 2.32. The second kappa shape index (κ2) is 9.78. The molecular formula is C19H25F3N2O5S. The number of halogens is 3. The predicted octanol–water partition coefficient (Wildman–Crippen LogP) is 2.82. The second-order valence-corrected chi connectivity index (χ2v) is 8.96. The van der Waals surface area contributed by atoms with Gasteiger partial charge in [0.1, 0.15) is 13.1 Å². The molecule has 1 heterocycles. The third-order valence-corrected chi connectivity index (χ3v) is 6.72. The number of hydrogen-bond donors (Lipinski definition) is 0. The zero-order valence-electron chi connectivity index (χ0n) is 16.8. The van der Waals surface area contributed by atoms with Crippen LogP contribution in [0.25, 0.3) is 0 Å². The minimum absolute atomic E-state index is 0.0470. The minimum atomic E-state index is -4.74. The summed E-state index contributed by atoms with van der Waals surface area (Å²) in [6.07, 6.45) is -2.42. The molecule has 1 saturated heterocycles. The number of nitrogens with zero attached hydrogens (tertiary/aromatic N) is 2. The molecule has 1 aliphatic heterocycles. The molecule has 1 atom stereocenters. The van der Waals surface area contributed by atoms with Crippen molar-refractivity contribution in [3.8, 4) is 0 Å². The molecule has 1 aromatic carbocycles. The van der Waals surface area contributed by atoms with Crippen LogP contribution in [0.4, 0.5) is 13.2 Å². The fourth-order valence-electron chi connectivity index (χ4n) is 3.31. The molecule has 168 valence electrons. The van der Waals surface area contributed by atoms with Crippen molar-refractivity contribution in [3.63, 3.8) is 0 Å². The molecule has 0 bridgehead atoms. The first-order valence-electron chi connectivity index (χ1n) is 9.59. The number of alkyl halides is 3. The van der Waals surface area contributed by atoms with E-state index in [1.165, 1.54) is 29.4 Å². The number of benzene rings is 1. The Morgan fingerprint density at radius 3 is 2.57 bits per heavy atom. The van der Waals surface area contributed by atoms with Crippen LogP contribution in [0.1, 0.15) is 43.5 Å². The van der Waals surface area contributed by atoms with Crippen LogP contribution in [-0.4, -0.2) is 68.0 Å². The van der Waals surface area contributed by atoms with Crippen LogP contribution in [0.2, 0.25) is 0 Å². The molecule has 30 heavy (non-hydrogen) atoms. The van der Waals surface area contributed by atoms with Gasteiger partial charge in [-0.15, -0.1) is 0 Å². The molecule has 7 nitrogen and oxygen atoms in total. The molecule has 11 heteroatoms. The van der Waals surface area contributed by atoms with E-state index in [2.05, 4.69) is 4.74 Å². The van der Waals surface area contributed by atoms with Crippen LogP contribution in [0.15, 0.2) is 29.2 Å². The van der Waals surface area contributed by atoms with Gasteiger partial charge in [0.15, 0.2) is 0 Å². The molecule has 1 aliphatic rings. The number of carbonyl (C=O) groups is 2. The molecule has 0 radical (unpaired) electrons. The van der Waals surface area contributed by atoms with Crippen molar-refractivity contribution >= 4 is 21.9 Å². The van der Waals surface area contributed by atoms with Crippen molar-refractivity contribution in [1.29, 1.82) is 0 Å². The van der Waals surface area contributed by atoms with Crippen molar-refractivity contribution in [2.24, 2.45) is 0 Å². The van der Waals surface area contributed by atoms with E-state index in [9.17, 15) is 31.2 Å². The highest BCUT2D eigenvalue weighted by atomic mass is 32.2. The lowest BCUT2D eigenvalue weighted by Crippen LogP contribution is -2.43. The summed E-state index contributed by atoms with van der Waals surface area (Å²) < 4.78 is 70.7. The first-order chi connectivity index (χ1) is 14.0. The third kappa shape index (κ3) is 6.18. The fourth-order valence-corrected chi connectivity index (χ4v) is 5.06. The summed E-state index contributed by atoms with van der Waals surface area (Å²) >= 11 is 0. The van der Waals surface area contributed by atoms with E-state index in [1.54, 1.807) is 6.92 Å². The standard InChI is InChI=1S/C19H25F3N2O5S/c1-3-29-17(25)12-23(13-19(20,21)22)18(26)15-8-6-9-16(11-15)30(27,28)24-10-5-4-7-14(24)2/h6,8-9,11,14H,3-5,7,10,12-13H2,1-2H3. The van der Waals surface area contributed by atoms with Crippen molar-refractivity contribution < 1.29 is 35.9 Å². The van der Waals surface area contributed by atoms with Gasteiger partial charge in [0.05, 0.1) is 11.5 Å². The highest BCUT2D eigenvalue weighted by Crippen LogP contribution is 2.26. The van der Waals surface area contributed by atoms with E-state index in [0.29, 0.717) is 24.3 Å². The maximum Gasteiger partial charge on any atom is 0.406 e.